The van der Waals surface area contributed by atoms with Crippen LogP contribution in [0.1, 0.15) is 26.3 Å². The number of carbonyl (C=O) groups excluding carboxylic acids is 3. The number of anilines is 1. The first-order chi connectivity index (χ1) is 15.7. The second-order valence-electron chi connectivity index (χ2n) is 7.34. The van der Waals surface area contributed by atoms with Crippen molar-refractivity contribution in [2.45, 2.75) is 26.9 Å². The third-order valence-corrected chi connectivity index (χ3v) is 4.69. The number of carbonyl (C=O) groups is 3. The molecule has 0 aromatic heterocycles. The Hall–Kier alpha value is -3.59. The van der Waals surface area contributed by atoms with Gasteiger partial charge in [-0.1, -0.05) is 23.7 Å². The van der Waals surface area contributed by atoms with E-state index in [0.717, 1.165) is 4.90 Å². The van der Waals surface area contributed by atoms with Crippen molar-refractivity contribution in [3.63, 3.8) is 0 Å². The summed E-state index contributed by atoms with van der Waals surface area (Å²) in [6.45, 7) is 5.30. The van der Waals surface area contributed by atoms with Crippen LogP contribution in [0.25, 0.3) is 6.08 Å². The molecule has 1 heterocycles. The standard InChI is InChI=1S/C23H23ClFN3O5/c1-4-32-19-11-14(9-15(24)21(19)33-13(2)3)10-18-22(30)28(23(31)27-18)12-20(29)26-17-8-6-5-7-16(17)25/h5-11,13H,4,12H2,1-3H3,(H,26,29)(H,27,31)/b18-10+. The van der Waals surface area contributed by atoms with Gasteiger partial charge < -0.3 is 20.1 Å². The Morgan fingerprint density at radius 2 is 2.00 bits per heavy atom. The molecule has 4 amide bonds. The van der Waals surface area contributed by atoms with Gasteiger partial charge in [0.2, 0.25) is 5.91 Å². The van der Waals surface area contributed by atoms with Gasteiger partial charge in [0.05, 0.1) is 23.4 Å². The monoisotopic (exact) mass is 475 g/mol. The highest BCUT2D eigenvalue weighted by Gasteiger charge is 2.35. The van der Waals surface area contributed by atoms with E-state index in [4.69, 9.17) is 21.1 Å². The van der Waals surface area contributed by atoms with E-state index >= 15 is 0 Å². The second-order valence-corrected chi connectivity index (χ2v) is 7.74. The quantitative estimate of drug-likeness (QED) is 0.440. The average molecular weight is 476 g/mol. The molecule has 0 saturated carbocycles. The van der Waals surface area contributed by atoms with Crippen molar-refractivity contribution in [1.82, 2.24) is 10.2 Å². The molecule has 2 aromatic rings. The van der Waals surface area contributed by atoms with Crippen LogP contribution in [0.2, 0.25) is 5.02 Å². The molecule has 0 spiro atoms. The molecule has 33 heavy (non-hydrogen) atoms. The highest BCUT2D eigenvalue weighted by Crippen LogP contribution is 2.38. The summed E-state index contributed by atoms with van der Waals surface area (Å²) in [6.07, 6.45) is 1.29. The van der Waals surface area contributed by atoms with Gasteiger partial charge in [0.25, 0.3) is 5.91 Å². The lowest BCUT2D eigenvalue weighted by molar-refractivity contribution is -0.127. The lowest BCUT2D eigenvalue weighted by atomic mass is 10.1. The number of rotatable bonds is 8. The van der Waals surface area contributed by atoms with Crippen LogP contribution >= 0.6 is 11.6 Å². The first-order valence-electron chi connectivity index (χ1n) is 10.2. The fraction of sp³-hybridized carbons (Fsp3) is 0.261. The maximum absolute atomic E-state index is 13.7. The summed E-state index contributed by atoms with van der Waals surface area (Å²) >= 11 is 6.35. The van der Waals surface area contributed by atoms with E-state index in [-0.39, 0.29) is 22.5 Å². The molecule has 1 fully saturated rings. The average Bonchev–Trinajstić information content (AvgIpc) is 2.99. The minimum atomic E-state index is -0.772. The van der Waals surface area contributed by atoms with E-state index in [1.54, 1.807) is 18.2 Å². The van der Waals surface area contributed by atoms with Crippen LogP contribution in [0.5, 0.6) is 11.5 Å². The van der Waals surface area contributed by atoms with Gasteiger partial charge in [-0.2, -0.15) is 0 Å². The molecular weight excluding hydrogens is 453 g/mol. The molecule has 1 aliphatic heterocycles. The van der Waals surface area contributed by atoms with Crippen molar-refractivity contribution >= 4 is 41.2 Å². The number of ether oxygens (including phenoxy) is 2. The highest BCUT2D eigenvalue weighted by atomic mass is 35.5. The van der Waals surface area contributed by atoms with Gasteiger partial charge in [0.1, 0.15) is 18.1 Å². The van der Waals surface area contributed by atoms with Gasteiger partial charge in [-0.25, -0.2) is 14.1 Å². The summed E-state index contributed by atoms with van der Waals surface area (Å²) in [6, 6.07) is 8.01. The summed E-state index contributed by atoms with van der Waals surface area (Å²) in [5.41, 5.74) is 0.391. The number of hydrogen-bond acceptors (Lipinski definition) is 5. The SMILES string of the molecule is CCOc1cc(/C=C2/NC(=O)N(CC(=O)Nc3ccccc3F)C2=O)cc(Cl)c1OC(C)C. The first-order valence-corrected chi connectivity index (χ1v) is 10.6. The van der Waals surface area contributed by atoms with Crippen molar-refractivity contribution < 1.29 is 28.2 Å². The fourth-order valence-corrected chi connectivity index (χ4v) is 3.33. The van der Waals surface area contributed by atoms with E-state index in [0.29, 0.717) is 23.7 Å². The number of nitrogens with one attached hydrogen (secondary N) is 2. The number of hydrogen-bond donors (Lipinski definition) is 2. The molecular formula is C23H23ClFN3O5. The molecule has 2 N–H and O–H groups in total. The van der Waals surface area contributed by atoms with Gasteiger partial charge in [0.15, 0.2) is 11.5 Å². The molecule has 0 radical (unpaired) electrons. The summed E-state index contributed by atoms with van der Waals surface area (Å²) in [4.78, 5) is 38.0. The van der Waals surface area contributed by atoms with E-state index in [1.807, 2.05) is 20.8 Å². The third-order valence-electron chi connectivity index (χ3n) is 4.41. The number of halogens is 2. The van der Waals surface area contributed by atoms with Gasteiger partial charge in [0, 0.05) is 0 Å². The maximum atomic E-state index is 13.7. The second kappa shape index (κ2) is 10.4. The Morgan fingerprint density at radius 3 is 2.67 bits per heavy atom. The predicted molar refractivity (Wildman–Crippen MR) is 122 cm³/mol. The van der Waals surface area contributed by atoms with Crippen LogP contribution in [-0.4, -0.2) is 42.0 Å². The van der Waals surface area contributed by atoms with Gasteiger partial charge in [-0.05, 0) is 56.7 Å². The summed E-state index contributed by atoms with van der Waals surface area (Å²) < 4.78 is 25.0. The maximum Gasteiger partial charge on any atom is 0.329 e. The number of para-hydroxylation sites is 1. The van der Waals surface area contributed by atoms with Gasteiger partial charge in [-0.15, -0.1) is 0 Å². The van der Waals surface area contributed by atoms with Crippen LogP contribution in [0.3, 0.4) is 0 Å². The molecule has 0 aliphatic carbocycles. The Labute approximate surface area is 195 Å². The molecule has 0 bridgehead atoms. The Kier molecular flexibility index (Phi) is 7.55. The summed E-state index contributed by atoms with van der Waals surface area (Å²) in [7, 11) is 0. The Bertz CT molecular complexity index is 1120. The fourth-order valence-electron chi connectivity index (χ4n) is 3.06. The van der Waals surface area contributed by atoms with Gasteiger partial charge in [-0.3, -0.25) is 9.59 Å². The number of urea groups is 1. The first kappa shape index (κ1) is 24.1. The molecule has 8 nitrogen and oxygen atoms in total. The lowest BCUT2D eigenvalue weighted by Crippen LogP contribution is -2.38. The third kappa shape index (κ3) is 5.81. The number of amides is 4. The minimum Gasteiger partial charge on any atom is -0.490 e. The van der Waals surface area contributed by atoms with E-state index in [1.165, 1.54) is 24.3 Å². The molecule has 1 saturated heterocycles. The Morgan fingerprint density at radius 1 is 1.27 bits per heavy atom. The molecule has 174 valence electrons. The molecule has 0 atom stereocenters. The normalized spacial score (nSPS) is 14.6. The van der Waals surface area contributed by atoms with Crippen molar-refractivity contribution in [2.75, 3.05) is 18.5 Å². The number of benzene rings is 2. The zero-order valence-electron chi connectivity index (χ0n) is 18.3. The van der Waals surface area contributed by atoms with Crippen LogP contribution in [0.4, 0.5) is 14.9 Å². The molecule has 10 heteroatoms. The van der Waals surface area contributed by atoms with E-state index in [9.17, 15) is 18.8 Å². The van der Waals surface area contributed by atoms with Crippen LogP contribution in [0.15, 0.2) is 42.1 Å². The van der Waals surface area contributed by atoms with Gasteiger partial charge >= 0.3 is 6.03 Å². The topological polar surface area (TPSA) is 97.0 Å². The largest absolute Gasteiger partial charge is 0.490 e. The predicted octanol–water partition coefficient (Wildman–Crippen LogP) is 4.20. The molecule has 2 aromatic carbocycles. The Balaban J connectivity index is 1.79. The zero-order valence-corrected chi connectivity index (χ0v) is 19.0. The van der Waals surface area contributed by atoms with Crippen LogP contribution in [0, 0.1) is 5.82 Å². The summed E-state index contributed by atoms with van der Waals surface area (Å²) in [5, 5.41) is 5.05. The lowest BCUT2D eigenvalue weighted by Gasteiger charge is -2.16. The zero-order chi connectivity index (χ0) is 24.1. The van der Waals surface area contributed by atoms with E-state index in [2.05, 4.69) is 10.6 Å². The van der Waals surface area contributed by atoms with Crippen molar-refractivity contribution in [2.24, 2.45) is 0 Å². The van der Waals surface area contributed by atoms with Crippen LogP contribution in [-0.2, 0) is 9.59 Å². The van der Waals surface area contributed by atoms with Crippen molar-refractivity contribution in [3.8, 4) is 11.5 Å². The number of imide groups is 1. The number of nitrogens with zero attached hydrogens (tertiary/aromatic N) is 1. The smallest absolute Gasteiger partial charge is 0.329 e. The molecule has 1 aliphatic rings. The van der Waals surface area contributed by atoms with Crippen LogP contribution < -0.4 is 20.1 Å². The summed E-state index contributed by atoms with van der Waals surface area (Å²) in [5.74, 6) is -1.29. The van der Waals surface area contributed by atoms with Crippen molar-refractivity contribution in [1.29, 1.82) is 0 Å². The van der Waals surface area contributed by atoms with E-state index < -0.39 is 30.2 Å². The highest BCUT2D eigenvalue weighted by molar-refractivity contribution is 6.32. The molecule has 0 unspecified atom stereocenters. The molecule has 3 rings (SSSR count). The van der Waals surface area contributed by atoms with Crippen molar-refractivity contribution in [3.05, 3.63) is 58.5 Å². The minimum absolute atomic E-state index is 0.0465.